The molecule has 0 radical (unpaired) electrons. The molecule has 0 spiro atoms. The molecule has 2 fully saturated rings. The summed E-state index contributed by atoms with van der Waals surface area (Å²) in [6.07, 6.45) is 15.7. The van der Waals surface area contributed by atoms with Crippen LogP contribution in [0.1, 0.15) is 120 Å². The lowest BCUT2D eigenvalue weighted by Crippen LogP contribution is -2.22. The molecule has 0 aliphatic heterocycles. The van der Waals surface area contributed by atoms with Crippen LogP contribution in [0.2, 0.25) is 0 Å². The van der Waals surface area contributed by atoms with Crippen LogP contribution >= 0.6 is 0 Å². The highest BCUT2D eigenvalue weighted by atomic mass is 16.5. The number of Topliss-reactive ketones (excluding diaryl/α,β-unsaturated/α-hetero) is 1. The molecule has 0 bridgehead atoms. The van der Waals surface area contributed by atoms with Crippen molar-refractivity contribution in [2.75, 3.05) is 6.61 Å². The fourth-order valence-corrected chi connectivity index (χ4v) is 5.79. The van der Waals surface area contributed by atoms with Crippen LogP contribution in [0.25, 0.3) is 0 Å². The molecule has 0 amide bonds. The van der Waals surface area contributed by atoms with Gasteiger partial charge in [-0.2, -0.15) is 0 Å². The first kappa shape index (κ1) is 25.1. The number of ether oxygens (including phenoxy) is 1. The van der Waals surface area contributed by atoms with Gasteiger partial charge in [-0.05, 0) is 80.2 Å². The molecule has 0 heterocycles. The second-order valence-corrected chi connectivity index (χ2v) is 10.2. The van der Waals surface area contributed by atoms with Crippen molar-refractivity contribution in [2.24, 2.45) is 11.8 Å². The number of benzene rings is 1. The number of carbonyl (C=O) groups is 2. The maximum atomic E-state index is 12.0. The van der Waals surface area contributed by atoms with E-state index >= 15 is 0 Å². The highest BCUT2D eigenvalue weighted by Crippen LogP contribution is 2.40. The summed E-state index contributed by atoms with van der Waals surface area (Å²) < 4.78 is 6.02. The van der Waals surface area contributed by atoms with Gasteiger partial charge in [-0.3, -0.25) is 4.79 Å². The maximum Gasteiger partial charge on any atom is 0.132 e. The summed E-state index contributed by atoms with van der Waals surface area (Å²) in [7, 11) is 0. The van der Waals surface area contributed by atoms with Gasteiger partial charge in [-0.25, -0.2) is 0 Å². The number of unbranched alkanes of at least 4 members (excludes halogenated alkanes) is 1. The largest absolute Gasteiger partial charge is 0.378 e. The van der Waals surface area contributed by atoms with Gasteiger partial charge in [0.05, 0.1) is 6.10 Å². The Labute approximate surface area is 195 Å². The van der Waals surface area contributed by atoms with Crippen LogP contribution in [0.5, 0.6) is 0 Å². The van der Waals surface area contributed by atoms with Gasteiger partial charge in [0, 0.05) is 25.4 Å². The molecule has 1 atom stereocenters. The van der Waals surface area contributed by atoms with Gasteiger partial charge in [0.1, 0.15) is 12.1 Å². The second kappa shape index (κ2) is 13.3. The fraction of sp³-hybridized carbons (Fsp3) is 0.724. The Balaban J connectivity index is 1.47. The van der Waals surface area contributed by atoms with Gasteiger partial charge in [0.25, 0.3) is 0 Å². The molecule has 178 valence electrons. The van der Waals surface area contributed by atoms with E-state index in [1.54, 1.807) is 0 Å². The molecule has 3 rings (SSSR count). The average molecular weight is 441 g/mol. The van der Waals surface area contributed by atoms with Crippen LogP contribution < -0.4 is 0 Å². The highest BCUT2D eigenvalue weighted by Gasteiger charge is 2.29. The fourth-order valence-electron chi connectivity index (χ4n) is 5.79. The lowest BCUT2D eigenvalue weighted by molar-refractivity contribution is -0.119. The normalized spacial score (nSPS) is 27.1. The first-order valence-electron chi connectivity index (χ1n) is 13.3. The van der Waals surface area contributed by atoms with Crippen molar-refractivity contribution in [2.45, 2.75) is 115 Å². The molecular weight excluding hydrogens is 396 g/mol. The van der Waals surface area contributed by atoms with Gasteiger partial charge in [-0.1, -0.05) is 57.4 Å². The molecule has 3 heteroatoms. The third-order valence-corrected chi connectivity index (χ3v) is 8.09. The molecule has 3 nitrogen and oxygen atoms in total. The van der Waals surface area contributed by atoms with E-state index in [1.807, 2.05) is 6.92 Å². The minimum atomic E-state index is 0.0185. The molecule has 2 saturated carbocycles. The van der Waals surface area contributed by atoms with Gasteiger partial charge in [0.2, 0.25) is 0 Å². The van der Waals surface area contributed by atoms with Crippen LogP contribution in [0.15, 0.2) is 24.3 Å². The third-order valence-electron chi connectivity index (χ3n) is 8.09. The van der Waals surface area contributed by atoms with Gasteiger partial charge in [-0.15, -0.1) is 0 Å². The smallest absolute Gasteiger partial charge is 0.132 e. The summed E-state index contributed by atoms with van der Waals surface area (Å²) in [6.45, 7) is 5.07. The van der Waals surface area contributed by atoms with Crippen LogP contribution in [-0.2, 0) is 14.3 Å². The predicted octanol–water partition coefficient (Wildman–Crippen LogP) is 7.38. The summed E-state index contributed by atoms with van der Waals surface area (Å²) in [5.41, 5.74) is 2.61. The lowest BCUT2D eigenvalue weighted by atomic mass is 9.72. The third kappa shape index (κ3) is 7.27. The van der Waals surface area contributed by atoms with Gasteiger partial charge in [0.15, 0.2) is 0 Å². The van der Waals surface area contributed by atoms with Crippen molar-refractivity contribution in [3.8, 4) is 0 Å². The Kier molecular flexibility index (Phi) is 10.4. The zero-order chi connectivity index (χ0) is 22.8. The van der Waals surface area contributed by atoms with Crippen LogP contribution in [-0.4, -0.2) is 24.8 Å². The number of ketones is 1. The Morgan fingerprint density at radius 2 is 1.69 bits per heavy atom. The van der Waals surface area contributed by atoms with Crippen molar-refractivity contribution >= 4 is 12.1 Å². The molecular formula is C29H44O3. The standard InChI is InChI=1S/C29H44O3/c1-3-5-20-32-28-18-15-24(16-19-28)23-11-13-26(14-12-23)29(21-30)25-9-6-22(7-10-25)8-17-27(31)4-2/h11-14,21-22,24-25,28-29H,3-10,15-20H2,1-2H3. The van der Waals surface area contributed by atoms with E-state index in [-0.39, 0.29) is 5.92 Å². The molecule has 32 heavy (non-hydrogen) atoms. The van der Waals surface area contributed by atoms with Crippen LogP contribution in [0.3, 0.4) is 0 Å². The number of aldehydes is 1. The second-order valence-electron chi connectivity index (χ2n) is 10.2. The first-order valence-corrected chi connectivity index (χ1v) is 13.3. The Morgan fingerprint density at radius 1 is 1.00 bits per heavy atom. The van der Waals surface area contributed by atoms with Crippen LogP contribution in [0, 0.1) is 11.8 Å². The summed E-state index contributed by atoms with van der Waals surface area (Å²) >= 11 is 0. The minimum absolute atomic E-state index is 0.0185. The Hall–Kier alpha value is -1.48. The topological polar surface area (TPSA) is 43.4 Å². The van der Waals surface area contributed by atoms with Crippen molar-refractivity contribution in [1.29, 1.82) is 0 Å². The van der Waals surface area contributed by atoms with E-state index in [4.69, 9.17) is 4.74 Å². The minimum Gasteiger partial charge on any atom is -0.378 e. The molecule has 2 aliphatic carbocycles. The van der Waals surface area contributed by atoms with E-state index in [1.165, 1.54) is 55.9 Å². The van der Waals surface area contributed by atoms with E-state index in [0.717, 1.165) is 45.1 Å². The van der Waals surface area contributed by atoms with Gasteiger partial charge < -0.3 is 9.53 Å². The Bertz CT molecular complexity index is 679. The molecule has 1 unspecified atom stereocenters. The Morgan fingerprint density at radius 3 is 2.28 bits per heavy atom. The van der Waals surface area contributed by atoms with Crippen molar-refractivity contribution in [1.82, 2.24) is 0 Å². The predicted molar refractivity (Wildman–Crippen MR) is 131 cm³/mol. The van der Waals surface area contributed by atoms with E-state index in [9.17, 15) is 9.59 Å². The average Bonchev–Trinajstić information content (AvgIpc) is 2.85. The number of hydrogen-bond donors (Lipinski definition) is 0. The molecule has 2 aliphatic rings. The molecule has 0 saturated heterocycles. The lowest BCUT2D eigenvalue weighted by Gasteiger charge is -2.32. The molecule has 0 aromatic heterocycles. The zero-order valence-electron chi connectivity index (χ0n) is 20.4. The highest BCUT2D eigenvalue weighted by molar-refractivity contribution is 5.77. The summed E-state index contributed by atoms with van der Waals surface area (Å²) in [5, 5.41) is 0. The number of rotatable bonds is 12. The first-order chi connectivity index (χ1) is 15.6. The van der Waals surface area contributed by atoms with Crippen molar-refractivity contribution < 1.29 is 14.3 Å². The quantitative estimate of drug-likeness (QED) is 0.251. The summed E-state index contributed by atoms with van der Waals surface area (Å²) in [4.78, 5) is 23.6. The maximum absolute atomic E-state index is 12.0. The van der Waals surface area contributed by atoms with Crippen molar-refractivity contribution in [3.63, 3.8) is 0 Å². The van der Waals surface area contributed by atoms with E-state index in [2.05, 4.69) is 31.2 Å². The SMILES string of the molecule is CCCCOC1CCC(c2ccc(C(C=O)C3CCC(CCC(=O)CC)CC3)cc2)CC1. The monoisotopic (exact) mass is 440 g/mol. The van der Waals surface area contributed by atoms with Crippen molar-refractivity contribution in [3.05, 3.63) is 35.4 Å². The molecule has 1 aromatic carbocycles. The van der Waals surface area contributed by atoms with E-state index < -0.39 is 0 Å². The summed E-state index contributed by atoms with van der Waals surface area (Å²) in [6, 6.07) is 8.97. The zero-order valence-corrected chi connectivity index (χ0v) is 20.4. The number of carbonyl (C=O) groups excluding carboxylic acids is 2. The summed E-state index contributed by atoms with van der Waals surface area (Å²) in [5.74, 6) is 2.15. The molecule has 1 aromatic rings. The van der Waals surface area contributed by atoms with Gasteiger partial charge >= 0.3 is 0 Å². The van der Waals surface area contributed by atoms with Crippen LogP contribution in [0.4, 0.5) is 0 Å². The molecule has 0 N–H and O–H groups in total. The van der Waals surface area contributed by atoms with E-state index in [0.29, 0.717) is 36.1 Å². The number of hydrogen-bond acceptors (Lipinski definition) is 3.